The molecule has 0 atom stereocenters. The van der Waals surface area contributed by atoms with Crippen molar-refractivity contribution in [2.24, 2.45) is 0 Å². The number of hydrogen-bond donors (Lipinski definition) is 0. The summed E-state index contributed by atoms with van der Waals surface area (Å²) >= 11 is 0. The Kier molecular flexibility index (Phi) is 1.26. The summed E-state index contributed by atoms with van der Waals surface area (Å²) in [7, 11) is 0. The topological polar surface area (TPSA) is 44.8 Å². The summed E-state index contributed by atoms with van der Waals surface area (Å²) in [5.41, 5.74) is 0. The maximum Gasteiger partial charge on any atom is 0.215 e. The van der Waals surface area contributed by atoms with Crippen molar-refractivity contribution >= 4 is 5.78 Å². The van der Waals surface area contributed by atoms with Crippen LogP contribution < -0.4 is 0 Å². The number of ketones is 1. The largest absolute Gasteiger partial charge is 0.344 e. The minimum atomic E-state index is -0.699. The van der Waals surface area contributed by atoms with Gasteiger partial charge in [-0.3, -0.25) is 4.79 Å². The van der Waals surface area contributed by atoms with Gasteiger partial charge < -0.3 is 4.74 Å². The molecular weight excluding hydrogens is 136 g/mol. The quantitative estimate of drug-likeness (QED) is 0.450. The summed E-state index contributed by atoms with van der Waals surface area (Å²) < 4.78 is 5.20. The fraction of sp³-hybridized carbons (Fsp3) is 0.833. The third kappa shape index (κ3) is 0.847. The van der Waals surface area contributed by atoms with E-state index in [4.69, 9.17) is 14.5 Å². The maximum absolute atomic E-state index is 10.6. The van der Waals surface area contributed by atoms with Crippen molar-refractivity contribution in [1.82, 2.24) is 0 Å². The first-order valence-corrected chi connectivity index (χ1v) is 3.27. The van der Waals surface area contributed by atoms with E-state index in [1.165, 1.54) is 0 Å². The second kappa shape index (κ2) is 2.02. The van der Waals surface area contributed by atoms with Gasteiger partial charge in [-0.2, -0.15) is 4.89 Å². The third-order valence-corrected chi connectivity index (χ3v) is 1.68. The Labute approximate surface area is 58.0 Å². The summed E-state index contributed by atoms with van der Waals surface area (Å²) in [6, 6.07) is 0. The minimum Gasteiger partial charge on any atom is -0.344 e. The highest BCUT2D eigenvalue weighted by Crippen LogP contribution is 2.35. The van der Waals surface area contributed by atoms with Gasteiger partial charge in [-0.1, -0.05) is 0 Å². The lowest BCUT2D eigenvalue weighted by Gasteiger charge is -2.40. The molecule has 1 saturated carbocycles. The van der Waals surface area contributed by atoms with E-state index in [1.807, 2.05) is 0 Å². The van der Waals surface area contributed by atoms with Gasteiger partial charge in [-0.15, -0.1) is 0 Å². The standard InChI is InChI=1S/C6H8O4/c7-5-3-6(4-5)8-1-2-9-10-6/h1-4H2. The molecule has 56 valence electrons. The summed E-state index contributed by atoms with van der Waals surface area (Å²) in [4.78, 5) is 20.1. The van der Waals surface area contributed by atoms with Crippen molar-refractivity contribution < 1.29 is 19.3 Å². The molecule has 0 aromatic carbocycles. The first-order chi connectivity index (χ1) is 4.81. The molecule has 0 aromatic rings. The highest BCUT2D eigenvalue weighted by atomic mass is 17.2. The van der Waals surface area contributed by atoms with Gasteiger partial charge in [0.15, 0.2) is 0 Å². The van der Waals surface area contributed by atoms with Crippen LogP contribution in [0.15, 0.2) is 0 Å². The average molecular weight is 144 g/mol. The minimum absolute atomic E-state index is 0.172. The molecule has 1 spiro atoms. The number of rotatable bonds is 0. The van der Waals surface area contributed by atoms with E-state index in [-0.39, 0.29) is 5.78 Å². The van der Waals surface area contributed by atoms with Crippen molar-refractivity contribution in [2.45, 2.75) is 18.6 Å². The zero-order chi connectivity index (χ0) is 7.03. The van der Waals surface area contributed by atoms with E-state index < -0.39 is 5.79 Å². The summed E-state index contributed by atoms with van der Waals surface area (Å²) in [6.45, 7) is 0.975. The second-order valence-electron chi connectivity index (χ2n) is 2.56. The van der Waals surface area contributed by atoms with E-state index in [2.05, 4.69) is 0 Å². The van der Waals surface area contributed by atoms with Crippen LogP contribution in [0.1, 0.15) is 12.8 Å². The summed E-state index contributed by atoms with van der Waals surface area (Å²) in [5, 5.41) is 0. The van der Waals surface area contributed by atoms with Crippen LogP contribution in [0.5, 0.6) is 0 Å². The number of ether oxygens (including phenoxy) is 1. The zero-order valence-corrected chi connectivity index (χ0v) is 5.46. The van der Waals surface area contributed by atoms with E-state index >= 15 is 0 Å². The summed E-state index contributed by atoms with van der Waals surface area (Å²) in [6.07, 6.45) is 0.681. The van der Waals surface area contributed by atoms with Crippen molar-refractivity contribution in [3.63, 3.8) is 0 Å². The van der Waals surface area contributed by atoms with Gasteiger partial charge in [0.2, 0.25) is 5.79 Å². The van der Waals surface area contributed by atoms with E-state index in [9.17, 15) is 4.79 Å². The third-order valence-electron chi connectivity index (χ3n) is 1.68. The Morgan fingerprint density at radius 1 is 1.30 bits per heavy atom. The molecule has 2 rings (SSSR count). The lowest BCUT2D eigenvalue weighted by Crippen LogP contribution is -2.52. The molecule has 1 saturated heterocycles. The van der Waals surface area contributed by atoms with Gasteiger partial charge in [0.25, 0.3) is 0 Å². The second-order valence-corrected chi connectivity index (χ2v) is 2.56. The molecule has 4 heteroatoms. The van der Waals surface area contributed by atoms with Crippen LogP contribution in [0.25, 0.3) is 0 Å². The van der Waals surface area contributed by atoms with Crippen molar-refractivity contribution in [1.29, 1.82) is 0 Å². The molecule has 2 aliphatic rings. The van der Waals surface area contributed by atoms with Gasteiger partial charge in [0.05, 0.1) is 19.4 Å². The first kappa shape index (κ1) is 6.27. The number of hydrogen-bond acceptors (Lipinski definition) is 4. The van der Waals surface area contributed by atoms with Gasteiger partial charge in [-0.05, 0) is 0 Å². The monoisotopic (exact) mass is 144 g/mol. The van der Waals surface area contributed by atoms with E-state index in [0.29, 0.717) is 26.1 Å². The number of carbonyl (C=O) groups excluding carboxylic acids is 1. The molecule has 10 heavy (non-hydrogen) atoms. The molecule has 0 N–H and O–H groups in total. The lowest BCUT2D eigenvalue weighted by molar-refractivity contribution is -0.471. The van der Waals surface area contributed by atoms with E-state index in [1.54, 1.807) is 0 Å². The SMILES string of the molecule is O=C1CC2(C1)OCCOO2. The van der Waals surface area contributed by atoms with Crippen LogP contribution in [0.2, 0.25) is 0 Å². The Bertz CT molecular complexity index is 149. The van der Waals surface area contributed by atoms with Crippen LogP contribution in [-0.4, -0.2) is 24.8 Å². The van der Waals surface area contributed by atoms with Crippen LogP contribution >= 0.6 is 0 Å². The lowest BCUT2D eigenvalue weighted by atomic mass is 9.90. The van der Waals surface area contributed by atoms with Gasteiger partial charge in [-0.25, -0.2) is 4.89 Å². The highest BCUT2D eigenvalue weighted by molar-refractivity contribution is 5.86. The van der Waals surface area contributed by atoms with Crippen molar-refractivity contribution in [3.8, 4) is 0 Å². The van der Waals surface area contributed by atoms with Gasteiger partial charge >= 0.3 is 0 Å². The predicted molar refractivity (Wildman–Crippen MR) is 30.0 cm³/mol. The Morgan fingerprint density at radius 3 is 2.60 bits per heavy atom. The maximum atomic E-state index is 10.6. The Balaban J connectivity index is 1.96. The molecule has 1 heterocycles. The molecular formula is C6H8O4. The molecule has 4 nitrogen and oxygen atoms in total. The molecule has 0 radical (unpaired) electrons. The number of carbonyl (C=O) groups is 1. The molecule has 0 unspecified atom stereocenters. The van der Waals surface area contributed by atoms with Gasteiger partial charge in [0.1, 0.15) is 12.4 Å². The Hall–Kier alpha value is -0.450. The molecule has 0 amide bonds. The van der Waals surface area contributed by atoms with Crippen LogP contribution in [-0.2, 0) is 19.3 Å². The summed E-state index contributed by atoms with van der Waals surface area (Å²) in [5.74, 6) is -0.527. The zero-order valence-electron chi connectivity index (χ0n) is 5.46. The first-order valence-electron chi connectivity index (χ1n) is 3.27. The van der Waals surface area contributed by atoms with Crippen molar-refractivity contribution in [2.75, 3.05) is 13.2 Å². The predicted octanol–water partition coefficient (Wildman–Crippen LogP) is 0.0240. The smallest absolute Gasteiger partial charge is 0.215 e. The molecule has 1 aliphatic heterocycles. The fourth-order valence-corrected chi connectivity index (χ4v) is 1.14. The molecule has 1 aliphatic carbocycles. The van der Waals surface area contributed by atoms with Gasteiger partial charge in [0, 0.05) is 0 Å². The molecule has 0 bridgehead atoms. The van der Waals surface area contributed by atoms with E-state index in [0.717, 1.165) is 0 Å². The fourth-order valence-electron chi connectivity index (χ4n) is 1.14. The number of Topliss-reactive ketones (excluding diaryl/α,β-unsaturated/α-hetero) is 1. The molecule has 0 aromatic heterocycles. The van der Waals surface area contributed by atoms with Crippen molar-refractivity contribution in [3.05, 3.63) is 0 Å². The average Bonchev–Trinajstić information content (AvgIpc) is 1.87. The van der Waals surface area contributed by atoms with Crippen LogP contribution in [0.4, 0.5) is 0 Å². The molecule has 2 fully saturated rings. The Morgan fingerprint density at radius 2 is 2.10 bits per heavy atom. The van der Waals surface area contributed by atoms with Crippen LogP contribution in [0, 0.1) is 0 Å². The highest BCUT2D eigenvalue weighted by Gasteiger charge is 2.49. The normalized spacial score (nSPS) is 30.2. The van der Waals surface area contributed by atoms with Crippen LogP contribution in [0.3, 0.4) is 0 Å².